The highest BCUT2D eigenvalue weighted by atomic mass is 16.5. The maximum atomic E-state index is 8.34. The van der Waals surface area contributed by atoms with Gasteiger partial charge in [0.15, 0.2) is 6.61 Å². The van der Waals surface area contributed by atoms with Crippen molar-refractivity contribution in [2.45, 2.75) is 6.92 Å². The van der Waals surface area contributed by atoms with Crippen molar-refractivity contribution < 1.29 is 9.84 Å². The fourth-order valence-electron chi connectivity index (χ4n) is 0.672. The van der Waals surface area contributed by atoms with Crippen LogP contribution in [-0.2, 0) is 0 Å². The van der Waals surface area contributed by atoms with Gasteiger partial charge in [-0.05, 0) is 6.92 Å². The van der Waals surface area contributed by atoms with Crippen molar-refractivity contribution in [2.24, 2.45) is 0 Å². The highest BCUT2D eigenvalue weighted by Crippen LogP contribution is 2.01. The normalized spacial score (nSPS) is 8.77. The number of aryl methyl sites for hydroxylation is 1. The van der Waals surface area contributed by atoms with Crippen LogP contribution in [0.2, 0.25) is 0 Å². The third kappa shape index (κ3) is 3.54. The molecule has 0 atom stereocenters. The first-order valence-electron chi connectivity index (χ1n) is 3.81. The summed E-state index contributed by atoms with van der Waals surface area (Å²) >= 11 is 0. The summed E-state index contributed by atoms with van der Waals surface area (Å²) in [6, 6.07) is 0. The fraction of sp³-hybridized carbons (Fsp3) is 0.333. The average Bonchev–Trinajstić information content (AvgIpc) is 2.15. The second-order valence-electron chi connectivity index (χ2n) is 2.30. The molecule has 0 spiro atoms. The van der Waals surface area contributed by atoms with Crippen LogP contribution in [0.4, 0.5) is 0 Å². The molecule has 0 saturated heterocycles. The fourth-order valence-corrected chi connectivity index (χ4v) is 0.672. The molecule has 1 N–H and O–H groups in total. The van der Waals surface area contributed by atoms with Gasteiger partial charge >= 0.3 is 0 Å². The van der Waals surface area contributed by atoms with Gasteiger partial charge in [-0.15, -0.1) is 0 Å². The Morgan fingerprint density at radius 1 is 1.38 bits per heavy atom. The minimum absolute atomic E-state index is 0.150. The molecule has 1 rings (SSSR count). The van der Waals surface area contributed by atoms with E-state index in [0.29, 0.717) is 5.88 Å². The summed E-state index contributed by atoms with van der Waals surface area (Å²) in [6.45, 7) is 1.92. The molecule has 0 aliphatic heterocycles. The topological polar surface area (TPSA) is 55.2 Å². The van der Waals surface area contributed by atoms with Gasteiger partial charge < -0.3 is 9.84 Å². The van der Waals surface area contributed by atoms with Crippen LogP contribution in [0.15, 0.2) is 12.4 Å². The molecule has 4 heteroatoms. The van der Waals surface area contributed by atoms with E-state index < -0.39 is 0 Å². The van der Waals surface area contributed by atoms with Gasteiger partial charge in [0.2, 0.25) is 5.88 Å². The quantitative estimate of drug-likeness (QED) is 0.655. The van der Waals surface area contributed by atoms with Gasteiger partial charge in [-0.2, -0.15) is 0 Å². The van der Waals surface area contributed by atoms with E-state index in [1.54, 1.807) is 6.20 Å². The van der Waals surface area contributed by atoms with E-state index in [1.165, 1.54) is 6.20 Å². The number of rotatable bonds is 2. The van der Waals surface area contributed by atoms with Crippen LogP contribution in [0.1, 0.15) is 5.69 Å². The molecule has 1 heterocycles. The number of hydrogen-bond donors (Lipinski definition) is 1. The standard InChI is InChI=1S/C9H10N2O2/c1-8-6-11-9(7-10-8)13-5-3-2-4-12/h6-7,12H,4-5H2,1H3. The highest BCUT2D eigenvalue weighted by Gasteiger charge is 1.92. The van der Waals surface area contributed by atoms with E-state index in [2.05, 4.69) is 21.8 Å². The van der Waals surface area contributed by atoms with Crippen LogP contribution in [0.5, 0.6) is 5.88 Å². The predicted molar refractivity (Wildman–Crippen MR) is 47.1 cm³/mol. The van der Waals surface area contributed by atoms with E-state index in [0.717, 1.165) is 5.69 Å². The molecule has 0 unspecified atom stereocenters. The van der Waals surface area contributed by atoms with Crippen molar-refractivity contribution in [3.05, 3.63) is 18.1 Å². The lowest BCUT2D eigenvalue weighted by atomic mass is 10.5. The van der Waals surface area contributed by atoms with Crippen molar-refractivity contribution in [1.82, 2.24) is 9.97 Å². The summed E-state index contributed by atoms with van der Waals surface area (Å²) in [5, 5.41) is 8.34. The van der Waals surface area contributed by atoms with Crippen LogP contribution in [0, 0.1) is 18.8 Å². The average molecular weight is 178 g/mol. The maximum absolute atomic E-state index is 8.34. The van der Waals surface area contributed by atoms with Crippen molar-refractivity contribution in [3.8, 4) is 17.7 Å². The Kier molecular flexibility index (Phi) is 3.74. The molecule has 1 aromatic heterocycles. The summed E-state index contributed by atoms with van der Waals surface area (Å²) in [5.74, 6) is 5.51. The van der Waals surface area contributed by atoms with E-state index >= 15 is 0 Å². The molecule has 0 saturated carbocycles. The van der Waals surface area contributed by atoms with Crippen LogP contribution < -0.4 is 4.74 Å². The maximum Gasteiger partial charge on any atom is 0.233 e. The van der Waals surface area contributed by atoms with Crippen LogP contribution in [0.3, 0.4) is 0 Å². The molecule has 1 aromatic rings. The summed E-state index contributed by atoms with van der Waals surface area (Å²) < 4.78 is 5.10. The second kappa shape index (κ2) is 5.12. The van der Waals surface area contributed by atoms with E-state index in [-0.39, 0.29) is 13.2 Å². The van der Waals surface area contributed by atoms with Gasteiger partial charge in [0.25, 0.3) is 0 Å². The molecule has 4 nitrogen and oxygen atoms in total. The minimum atomic E-state index is -0.150. The van der Waals surface area contributed by atoms with E-state index in [4.69, 9.17) is 9.84 Å². The molecule has 0 aromatic carbocycles. The summed E-state index contributed by atoms with van der Waals surface area (Å²) in [6.07, 6.45) is 3.16. The van der Waals surface area contributed by atoms with Crippen molar-refractivity contribution in [1.29, 1.82) is 0 Å². The van der Waals surface area contributed by atoms with Gasteiger partial charge in [-0.1, -0.05) is 11.8 Å². The molecule has 68 valence electrons. The van der Waals surface area contributed by atoms with E-state index in [9.17, 15) is 0 Å². The van der Waals surface area contributed by atoms with Gasteiger partial charge in [-0.3, -0.25) is 4.98 Å². The Bertz CT molecular complexity index is 311. The lowest BCUT2D eigenvalue weighted by Gasteiger charge is -1.98. The Labute approximate surface area is 76.6 Å². The first-order valence-corrected chi connectivity index (χ1v) is 3.81. The summed E-state index contributed by atoms with van der Waals surface area (Å²) in [7, 11) is 0. The zero-order chi connectivity index (χ0) is 9.52. The Balaban J connectivity index is 2.41. The molecule has 0 aliphatic rings. The molecule has 13 heavy (non-hydrogen) atoms. The Hall–Kier alpha value is -1.60. The third-order valence-electron chi connectivity index (χ3n) is 1.25. The molecular weight excluding hydrogens is 168 g/mol. The zero-order valence-electron chi connectivity index (χ0n) is 7.32. The Morgan fingerprint density at radius 2 is 2.23 bits per heavy atom. The molecule has 0 fully saturated rings. The van der Waals surface area contributed by atoms with Gasteiger partial charge in [0, 0.05) is 0 Å². The van der Waals surface area contributed by atoms with Crippen LogP contribution in [0.25, 0.3) is 0 Å². The molecular formula is C9H10N2O2. The zero-order valence-corrected chi connectivity index (χ0v) is 7.32. The number of ether oxygens (including phenoxy) is 1. The lowest BCUT2D eigenvalue weighted by Crippen LogP contribution is -1.97. The number of hydrogen-bond acceptors (Lipinski definition) is 4. The molecule has 0 radical (unpaired) electrons. The lowest BCUT2D eigenvalue weighted by molar-refractivity contribution is 0.343. The molecule has 0 aliphatic carbocycles. The molecule has 0 amide bonds. The number of aliphatic hydroxyl groups excluding tert-OH is 1. The van der Waals surface area contributed by atoms with Crippen LogP contribution in [-0.4, -0.2) is 28.3 Å². The SMILES string of the molecule is Cc1cnc(OCC#CCO)cn1. The molecule has 0 bridgehead atoms. The van der Waals surface area contributed by atoms with Gasteiger partial charge in [0.05, 0.1) is 18.1 Å². The highest BCUT2D eigenvalue weighted by molar-refractivity contribution is 5.08. The minimum Gasteiger partial charge on any atom is -0.463 e. The van der Waals surface area contributed by atoms with Crippen molar-refractivity contribution in [2.75, 3.05) is 13.2 Å². The van der Waals surface area contributed by atoms with Crippen molar-refractivity contribution in [3.63, 3.8) is 0 Å². The first kappa shape index (κ1) is 9.49. The summed E-state index contributed by atoms with van der Waals surface area (Å²) in [5.41, 5.74) is 0.841. The van der Waals surface area contributed by atoms with Gasteiger partial charge in [-0.25, -0.2) is 4.98 Å². The van der Waals surface area contributed by atoms with Crippen molar-refractivity contribution >= 4 is 0 Å². The number of aromatic nitrogens is 2. The monoisotopic (exact) mass is 178 g/mol. The summed E-state index contributed by atoms with van der Waals surface area (Å²) in [4.78, 5) is 7.95. The Morgan fingerprint density at radius 3 is 2.85 bits per heavy atom. The first-order chi connectivity index (χ1) is 6.33. The predicted octanol–water partition coefficient (Wildman–Crippen LogP) is 0.160. The smallest absolute Gasteiger partial charge is 0.233 e. The third-order valence-corrected chi connectivity index (χ3v) is 1.25. The number of nitrogens with zero attached hydrogens (tertiary/aromatic N) is 2. The van der Waals surface area contributed by atoms with Gasteiger partial charge in [0.1, 0.15) is 6.61 Å². The number of aliphatic hydroxyl groups is 1. The van der Waals surface area contributed by atoms with E-state index in [1.807, 2.05) is 6.92 Å². The second-order valence-corrected chi connectivity index (χ2v) is 2.30. The van der Waals surface area contributed by atoms with Crippen LogP contribution >= 0.6 is 0 Å². The largest absolute Gasteiger partial charge is 0.463 e.